The van der Waals surface area contributed by atoms with E-state index in [1.54, 1.807) is 49.4 Å². The van der Waals surface area contributed by atoms with Crippen LogP contribution in [0, 0.1) is 6.92 Å². The maximum atomic E-state index is 13.2. The average molecular weight is 537 g/mol. The Kier molecular flexibility index (Phi) is 7.96. The average Bonchev–Trinajstić information content (AvgIpc) is 3.15. The molecule has 3 amide bonds. The maximum absolute atomic E-state index is 13.2. The van der Waals surface area contributed by atoms with Gasteiger partial charge in [-0.25, -0.2) is 13.2 Å². The number of para-hydroxylation sites is 2. The molecule has 0 radical (unpaired) electrons. The van der Waals surface area contributed by atoms with Crippen molar-refractivity contribution in [2.75, 3.05) is 11.1 Å². The normalized spacial score (nSPS) is 16.8. The van der Waals surface area contributed by atoms with Gasteiger partial charge in [-0.05, 0) is 41.3 Å². The van der Waals surface area contributed by atoms with Gasteiger partial charge in [0, 0.05) is 6.42 Å². The van der Waals surface area contributed by atoms with E-state index in [-0.39, 0.29) is 19.4 Å². The Balaban J connectivity index is 1.52. The highest BCUT2D eigenvalue weighted by molar-refractivity contribution is 7.90. The number of alkyl carbamates (subject to hydrolysis) is 1. The fraction of sp³-hybridized carbons (Fsp3) is 0.222. The Bertz CT molecular complexity index is 1460. The third-order valence-electron chi connectivity index (χ3n) is 6.16. The van der Waals surface area contributed by atoms with E-state index in [0.29, 0.717) is 28.1 Å². The van der Waals surface area contributed by atoms with Gasteiger partial charge in [-0.2, -0.15) is 0 Å². The molecule has 1 saturated heterocycles. The molecule has 1 aliphatic rings. The number of hydrogen-bond donors (Lipinski definition) is 4. The molecule has 1 unspecified atom stereocenters. The number of hydrogen-bond acceptors (Lipinski definition) is 7. The Morgan fingerprint density at radius 3 is 2.42 bits per heavy atom. The van der Waals surface area contributed by atoms with Crippen molar-refractivity contribution in [3.8, 4) is 0 Å². The highest BCUT2D eigenvalue weighted by Gasteiger charge is 2.38. The lowest BCUT2D eigenvalue weighted by atomic mass is 9.97. The first-order chi connectivity index (χ1) is 18.1. The van der Waals surface area contributed by atoms with E-state index in [9.17, 15) is 22.8 Å². The summed E-state index contributed by atoms with van der Waals surface area (Å²) in [6.45, 7) is 1.77. The fourth-order valence-electron chi connectivity index (χ4n) is 4.24. The first-order valence-corrected chi connectivity index (χ1v) is 13.4. The van der Waals surface area contributed by atoms with Gasteiger partial charge < -0.3 is 21.1 Å². The minimum Gasteiger partial charge on any atom is -0.445 e. The zero-order valence-electron chi connectivity index (χ0n) is 20.6. The molecule has 4 rings (SSSR count). The molecule has 10 nitrogen and oxygen atoms in total. The first-order valence-electron chi connectivity index (χ1n) is 11.9. The number of benzene rings is 3. The van der Waals surface area contributed by atoms with Crippen LogP contribution in [0.25, 0.3) is 0 Å². The smallest absolute Gasteiger partial charge is 0.408 e. The largest absolute Gasteiger partial charge is 0.445 e. The van der Waals surface area contributed by atoms with Crippen LogP contribution in [0.4, 0.5) is 16.2 Å². The second-order valence-corrected chi connectivity index (χ2v) is 10.9. The zero-order chi connectivity index (χ0) is 27.3. The SMILES string of the molecule is Cc1cc(C[C@H](NC(=O)OCc2ccccc2)C(=O)Nc2ccccc2N)ccc1C1CC(=O)NS1(=O)=O. The lowest BCUT2D eigenvalue weighted by Crippen LogP contribution is -2.45. The molecule has 2 atom stereocenters. The minimum atomic E-state index is -3.79. The summed E-state index contributed by atoms with van der Waals surface area (Å²) in [6.07, 6.45) is -0.833. The van der Waals surface area contributed by atoms with E-state index >= 15 is 0 Å². The molecule has 198 valence electrons. The number of sulfonamides is 1. The van der Waals surface area contributed by atoms with Gasteiger partial charge >= 0.3 is 6.09 Å². The third-order valence-corrected chi connectivity index (χ3v) is 7.84. The van der Waals surface area contributed by atoms with Crippen LogP contribution in [-0.4, -0.2) is 32.4 Å². The molecular formula is C27H28N4O6S. The Morgan fingerprint density at radius 2 is 1.76 bits per heavy atom. The molecule has 38 heavy (non-hydrogen) atoms. The predicted molar refractivity (Wildman–Crippen MR) is 142 cm³/mol. The van der Waals surface area contributed by atoms with Crippen molar-refractivity contribution in [2.45, 2.75) is 37.7 Å². The van der Waals surface area contributed by atoms with Crippen molar-refractivity contribution < 1.29 is 27.5 Å². The van der Waals surface area contributed by atoms with E-state index < -0.39 is 39.2 Å². The van der Waals surface area contributed by atoms with Crippen LogP contribution in [-0.2, 0) is 37.4 Å². The predicted octanol–water partition coefficient (Wildman–Crippen LogP) is 2.94. The number of nitrogen functional groups attached to an aromatic ring is 1. The molecule has 1 aliphatic heterocycles. The molecule has 0 saturated carbocycles. The summed E-state index contributed by atoms with van der Waals surface area (Å²) in [5.74, 6) is -1.05. The van der Waals surface area contributed by atoms with Gasteiger partial charge in [-0.1, -0.05) is 60.7 Å². The van der Waals surface area contributed by atoms with Crippen LogP contribution in [0.1, 0.15) is 33.9 Å². The van der Waals surface area contributed by atoms with Crippen LogP contribution >= 0.6 is 0 Å². The molecule has 3 aromatic rings. The van der Waals surface area contributed by atoms with E-state index in [4.69, 9.17) is 10.5 Å². The van der Waals surface area contributed by atoms with Gasteiger partial charge in [0.25, 0.3) is 0 Å². The Morgan fingerprint density at radius 1 is 1.05 bits per heavy atom. The van der Waals surface area contributed by atoms with E-state index in [1.165, 1.54) is 0 Å². The standard InChI is InChI=1S/C27H28N4O6S/c1-17-13-19(11-12-20(17)24-15-25(32)31-38(24,35)36)14-23(26(33)29-22-10-6-5-9-21(22)28)30-27(34)37-16-18-7-3-2-4-8-18/h2-13,23-24H,14-16,28H2,1H3,(H,29,33)(H,30,34)(H,31,32)/t23-,24?/m0/s1. The number of amides is 3. The zero-order valence-corrected chi connectivity index (χ0v) is 21.5. The third kappa shape index (κ3) is 6.48. The van der Waals surface area contributed by atoms with E-state index in [2.05, 4.69) is 10.6 Å². The second kappa shape index (κ2) is 11.3. The summed E-state index contributed by atoms with van der Waals surface area (Å²) < 4.78 is 31.9. The van der Waals surface area contributed by atoms with Crippen molar-refractivity contribution >= 4 is 39.3 Å². The number of nitrogens with one attached hydrogen (secondary N) is 3. The molecule has 1 heterocycles. The summed E-state index contributed by atoms with van der Waals surface area (Å²) in [5, 5.41) is 4.38. The Hall–Kier alpha value is -4.38. The van der Waals surface area contributed by atoms with E-state index in [0.717, 1.165) is 5.56 Å². The summed E-state index contributed by atoms with van der Waals surface area (Å²) >= 11 is 0. The fourth-order valence-corrected chi connectivity index (χ4v) is 5.75. The minimum absolute atomic E-state index is 0.0308. The highest BCUT2D eigenvalue weighted by Crippen LogP contribution is 2.32. The molecule has 1 fully saturated rings. The molecule has 0 spiro atoms. The van der Waals surface area contributed by atoms with Gasteiger partial charge in [-0.3, -0.25) is 14.3 Å². The van der Waals surface area contributed by atoms with Crippen molar-refractivity contribution in [2.24, 2.45) is 0 Å². The van der Waals surface area contributed by atoms with Crippen molar-refractivity contribution in [3.63, 3.8) is 0 Å². The van der Waals surface area contributed by atoms with E-state index in [1.807, 2.05) is 35.1 Å². The topological polar surface area (TPSA) is 157 Å². The number of anilines is 2. The monoisotopic (exact) mass is 536 g/mol. The number of ether oxygens (including phenoxy) is 1. The quantitative estimate of drug-likeness (QED) is 0.322. The van der Waals surface area contributed by atoms with Crippen LogP contribution in [0.5, 0.6) is 0 Å². The number of carbonyl (C=O) groups is 3. The lowest BCUT2D eigenvalue weighted by molar-refractivity contribution is -0.119. The Labute approximate surface area is 220 Å². The number of aryl methyl sites for hydroxylation is 1. The van der Waals surface area contributed by atoms with Gasteiger partial charge in [0.2, 0.25) is 21.8 Å². The molecule has 0 bridgehead atoms. The number of carbonyl (C=O) groups excluding carboxylic acids is 3. The molecular weight excluding hydrogens is 508 g/mol. The van der Waals surface area contributed by atoms with Crippen molar-refractivity contribution in [1.82, 2.24) is 10.0 Å². The van der Waals surface area contributed by atoms with Crippen LogP contribution in [0.3, 0.4) is 0 Å². The van der Waals surface area contributed by atoms with Crippen molar-refractivity contribution in [1.29, 1.82) is 0 Å². The summed E-state index contributed by atoms with van der Waals surface area (Å²) in [4.78, 5) is 37.5. The highest BCUT2D eigenvalue weighted by atomic mass is 32.2. The van der Waals surface area contributed by atoms with Gasteiger partial charge in [0.05, 0.1) is 17.8 Å². The lowest BCUT2D eigenvalue weighted by Gasteiger charge is -2.20. The van der Waals surface area contributed by atoms with Gasteiger partial charge in [-0.15, -0.1) is 0 Å². The van der Waals surface area contributed by atoms with Crippen LogP contribution < -0.4 is 21.1 Å². The van der Waals surface area contributed by atoms with Gasteiger partial charge in [0.15, 0.2) is 0 Å². The molecule has 3 aromatic carbocycles. The molecule has 11 heteroatoms. The number of nitrogens with two attached hydrogens (primary N) is 1. The second-order valence-electron chi connectivity index (χ2n) is 8.99. The summed E-state index contributed by atoms with van der Waals surface area (Å²) in [7, 11) is -3.79. The first kappa shape index (κ1) is 26.7. The van der Waals surface area contributed by atoms with Crippen LogP contribution in [0.2, 0.25) is 0 Å². The maximum Gasteiger partial charge on any atom is 0.408 e. The van der Waals surface area contributed by atoms with Crippen molar-refractivity contribution in [3.05, 3.63) is 95.1 Å². The molecule has 0 aromatic heterocycles. The summed E-state index contributed by atoms with van der Waals surface area (Å²) in [5.41, 5.74) is 9.34. The number of rotatable bonds is 8. The van der Waals surface area contributed by atoms with Gasteiger partial charge in [0.1, 0.15) is 17.9 Å². The summed E-state index contributed by atoms with van der Waals surface area (Å²) in [6, 6.07) is 19.9. The molecule has 0 aliphatic carbocycles. The van der Waals surface area contributed by atoms with Crippen LogP contribution in [0.15, 0.2) is 72.8 Å². The molecule has 5 N–H and O–H groups in total.